The minimum atomic E-state index is -0.973. The number of carbonyl (C=O) groups is 1. The number of benzene rings is 3. The van der Waals surface area contributed by atoms with Crippen molar-refractivity contribution < 1.29 is 14.6 Å². The summed E-state index contributed by atoms with van der Waals surface area (Å²) < 4.78 is 9.81. The number of carboxylic acid groups (broad SMARTS) is 1. The molecule has 43 heavy (non-hydrogen) atoms. The lowest BCUT2D eigenvalue weighted by molar-refractivity contribution is 0.0680. The summed E-state index contributed by atoms with van der Waals surface area (Å²) in [6, 6.07) is 25.1. The van der Waals surface area contributed by atoms with Crippen LogP contribution in [0.4, 0.5) is 0 Å². The third-order valence-corrected chi connectivity index (χ3v) is 8.29. The van der Waals surface area contributed by atoms with E-state index in [1.54, 1.807) is 9.36 Å². The lowest BCUT2D eigenvalue weighted by Crippen LogP contribution is -2.40. The van der Waals surface area contributed by atoms with Crippen LogP contribution in [0.3, 0.4) is 0 Å². The Morgan fingerprint density at radius 3 is 2.60 bits per heavy atom. The normalized spacial score (nSPS) is 19.3. The number of hydrogen-bond acceptors (Lipinski definition) is 6. The maximum atomic E-state index is 12.2. The van der Waals surface area contributed by atoms with Crippen molar-refractivity contribution in [2.24, 2.45) is 7.05 Å². The summed E-state index contributed by atoms with van der Waals surface area (Å²) in [7, 11) is 1.84. The predicted molar refractivity (Wildman–Crippen MR) is 162 cm³/mol. The molecule has 9 nitrogen and oxygen atoms in total. The van der Waals surface area contributed by atoms with E-state index in [1.807, 2.05) is 31.4 Å². The second-order valence-corrected chi connectivity index (χ2v) is 12.3. The fourth-order valence-corrected chi connectivity index (χ4v) is 6.38. The van der Waals surface area contributed by atoms with Gasteiger partial charge in [0.2, 0.25) is 0 Å². The van der Waals surface area contributed by atoms with Crippen LogP contribution in [0.25, 0.3) is 16.8 Å². The molecule has 3 aromatic carbocycles. The molecule has 2 aromatic heterocycles. The van der Waals surface area contributed by atoms with Gasteiger partial charge in [0.05, 0.1) is 23.3 Å². The molecule has 0 amide bonds. The van der Waals surface area contributed by atoms with Gasteiger partial charge in [-0.05, 0) is 61.2 Å². The molecule has 0 spiro atoms. The molecule has 9 heteroatoms. The number of para-hydroxylation sites is 1. The summed E-state index contributed by atoms with van der Waals surface area (Å²) in [5.41, 5.74) is 6.91. The molecule has 5 aromatic rings. The molecule has 2 atom stereocenters. The Labute approximate surface area is 250 Å². The van der Waals surface area contributed by atoms with E-state index in [9.17, 15) is 9.90 Å². The quantitative estimate of drug-likeness (QED) is 0.262. The maximum absolute atomic E-state index is 12.2. The Bertz CT molecular complexity index is 1820. The largest absolute Gasteiger partial charge is 0.486 e. The van der Waals surface area contributed by atoms with Crippen molar-refractivity contribution in [2.75, 3.05) is 6.54 Å². The zero-order chi connectivity index (χ0) is 29.7. The van der Waals surface area contributed by atoms with Crippen LogP contribution in [-0.2, 0) is 20.1 Å². The number of rotatable bonds is 7. The molecular formula is C34H34N6O3. The number of hydrogen-bond donors (Lipinski definition) is 1. The molecule has 1 N–H and O–H groups in total. The van der Waals surface area contributed by atoms with E-state index < -0.39 is 5.97 Å². The average Bonchev–Trinajstić information content (AvgIpc) is 3.47. The van der Waals surface area contributed by atoms with Gasteiger partial charge in [0.1, 0.15) is 16.9 Å². The third-order valence-electron chi connectivity index (χ3n) is 8.29. The molecule has 3 heterocycles. The van der Waals surface area contributed by atoms with E-state index in [0.717, 1.165) is 54.3 Å². The Balaban J connectivity index is 1.17. The predicted octanol–water partition coefficient (Wildman–Crippen LogP) is 5.81. The van der Waals surface area contributed by atoms with Gasteiger partial charge < -0.3 is 9.84 Å². The molecule has 218 valence electrons. The lowest BCUT2D eigenvalue weighted by atomic mass is 10.0. The molecule has 2 aliphatic rings. The molecule has 0 bridgehead atoms. The van der Waals surface area contributed by atoms with E-state index in [2.05, 4.69) is 88.8 Å². The van der Waals surface area contributed by atoms with Gasteiger partial charge in [0, 0.05) is 50.3 Å². The minimum Gasteiger partial charge on any atom is -0.486 e. The Kier molecular flexibility index (Phi) is 6.62. The highest BCUT2D eigenvalue weighted by Crippen LogP contribution is 2.55. The van der Waals surface area contributed by atoms with Gasteiger partial charge in [-0.1, -0.05) is 53.7 Å². The first kappa shape index (κ1) is 27.1. The first-order valence-corrected chi connectivity index (χ1v) is 14.6. The van der Waals surface area contributed by atoms with E-state index in [4.69, 9.17) is 4.74 Å². The van der Waals surface area contributed by atoms with Crippen LogP contribution in [-0.4, -0.2) is 52.9 Å². The molecule has 1 saturated carbocycles. The Morgan fingerprint density at radius 1 is 1.02 bits per heavy atom. The van der Waals surface area contributed by atoms with Crippen LogP contribution in [0, 0.1) is 0 Å². The van der Waals surface area contributed by atoms with Crippen molar-refractivity contribution >= 4 is 5.97 Å². The number of aromatic nitrogens is 5. The zero-order valence-corrected chi connectivity index (χ0v) is 24.5. The SMILES string of the molecule is Cn1cc([C@@H]2C[C@H]2c2c(C(=O)O)cnn2-c2cccc(-c3cccc(CN4Cc5ccccc5OC(C)(C)C4)c3)c2)nn1. The highest BCUT2D eigenvalue weighted by atomic mass is 16.5. The van der Waals surface area contributed by atoms with Crippen LogP contribution in [0.1, 0.15) is 65.0 Å². The average molecular weight is 575 g/mol. The second kappa shape index (κ2) is 10.5. The summed E-state index contributed by atoms with van der Waals surface area (Å²) >= 11 is 0. The maximum Gasteiger partial charge on any atom is 0.339 e. The van der Waals surface area contributed by atoms with Crippen LogP contribution < -0.4 is 4.74 Å². The van der Waals surface area contributed by atoms with Gasteiger partial charge in [-0.2, -0.15) is 5.10 Å². The smallest absolute Gasteiger partial charge is 0.339 e. The second-order valence-electron chi connectivity index (χ2n) is 12.3. The number of ether oxygens (including phenoxy) is 1. The standard InChI is InChI=1S/C34H34N6O3/c1-34(2)21-39(19-25-9-4-5-13-31(25)43-34)18-22-8-6-10-23(14-22)24-11-7-12-26(15-24)40-32(29(17-35-40)33(41)42)28-16-27(28)30-20-38(3)37-36-30/h4-15,17,20,27-28H,16,18-19,21H2,1-3H3,(H,41,42)/t27-,28-/m1/s1. The molecule has 0 unspecified atom stereocenters. The molecular weight excluding hydrogens is 540 g/mol. The number of aromatic carboxylic acids is 1. The number of aryl methyl sites for hydroxylation is 1. The topological polar surface area (TPSA) is 98.3 Å². The van der Waals surface area contributed by atoms with Crippen molar-refractivity contribution in [1.29, 1.82) is 0 Å². The molecule has 0 saturated heterocycles. The van der Waals surface area contributed by atoms with Crippen molar-refractivity contribution in [3.05, 3.63) is 113 Å². The van der Waals surface area contributed by atoms with E-state index in [1.165, 1.54) is 17.3 Å². The van der Waals surface area contributed by atoms with Crippen LogP contribution in [0.2, 0.25) is 0 Å². The van der Waals surface area contributed by atoms with Crippen molar-refractivity contribution in [1.82, 2.24) is 29.7 Å². The summed E-state index contributed by atoms with van der Waals surface area (Å²) in [4.78, 5) is 14.6. The summed E-state index contributed by atoms with van der Waals surface area (Å²) in [6.45, 7) is 6.71. The molecule has 1 fully saturated rings. The summed E-state index contributed by atoms with van der Waals surface area (Å²) in [5, 5.41) is 22.8. The first-order chi connectivity index (χ1) is 20.7. The van der Waals surface area contributed by atoms with Crippen molar-refractivity contribution in [3.63, 3.8) is 0 Å². The highest BCUT2D eigenvalue weighted by molar-refractivity contribution is 5.89. The van der Waals surface area contributed by atoms with E-state index in [0.29, 0.717) is 5.69 Å². The minimum absolute atomic E-state index is 0.0178. The Morgan fingerprint density at radius 2 is 1.81 bits per heavy atom. The molecule has 1 aliphatic heterocycles. The summed E-state index contributed by atoms with van der Waals surface area (Å²) in [6.07, 6.45) is 4.18. The summed E-state index contributed by atoms with van der Waals surface area (Å²) in [5.74, 6) is 0.131. The van der Waals surface area contributed by atoms with Gasteiger partial charge in [-0.15, -0.1) is 5.10 Å². The number of carboxylic acids is 1. The van der Waals surface area contributed by atoms with Crippen LogP contribution >= 0.6 is 0 Å². The fraction of sp³-hybridized carbons (Fsp3) is 0.294. The van der Waals surface area contributed by atoms with Gasteiger partial charge in [-0.3, -0.25) is 9.58 Å². The monoisotopic (exact) mass is 574 g/mol. The van der Waals surface area contributed by atoms with Gasteiger partial charge >= 0.3 is 5.97 Å². The van der Waals surface area contributed by atoms with Crippen molar-refractivity contribution in [2.45, 2.75) is 50.8 Å². The molecule has 1 aliphatic carbocycles. The van der Waals surface area contributed by atoms with Crippen LogP contribution in [0.15, 0.2) is 85.2 Å². The lowest BCUT2D eigenvalue weighted by Gasteiger charge is -2.29. The van der Waals surface area contributed by atoms with Gasteiger partial charge in [0.25, 0.3) is 0 Å². The molecule has 7 rings (SSSR count). The van der Waals surface area contributed by atoms with Gasteiger partial charge in [0.15, 0.2) is 0 Å². The first-order valence-electron chi connectivity index (χ1n) is 14.6. The van der Waals surface area contributed by atoms with Crippen molar-refractivity contribution in [3.8, 4) is 22.6 Å². The van der Waals surface area contributed by atoms with Gasteiger partial charge in [-0.25, -0.2) is 9.48 Å². The highest BCUT2D eigenvalue weighted by Gasteiger charge is 2.46. The van der Waals surface area contributed by atoms with Crippen LogP contribution in [0.5, 0.6) is 5.75 Å². The number of fused-ring (bicyclic) bond motifs is 1. The zero-order valence-electron chi connectivity index (χ0n) is 24.5. The Hall–Kier alpha value is -4.76. The van der Waals surface area contributed by atoms with E-state index in [-0.39, 0.29) is 23.0 Å². The fourth-order valence-electron chi connectivity index (χ4n) is 6.38. The van der Waals surface area contributed by atoms with E-state index >= 15 is 0 Å². The number of nitrogens with zero attached hydrogens (tertiary/aromatic N) is 6. The molecule has 0 radical (unpaired) electrons. The third kappa shape index (κ3) is 5.44.